The van der Waals surface area contributed by atoms with Crippen molar-refractivity contribution in [3.05, 3.63) is 0 Å². The van der Waals surface area contributed by atoms with Crippen molar-refractivity contribution in [1.29, 1.82) is 0 Å². The van der Waals surface area contributed by atoms with E-state index in [1.165, 1.54) is 0 Å². The lowest BCUT2D eigenvalue weighted by Crippen LogP contribution is -2.51. The van der Waals surface area contributed by atoms with Crippen LogP contribution in [0.5, 0.6) is 0 Å². The molecule has 1 saturated carbocycles. The van der Waals surface area contributed by atoms with Crippen molar-refractivity contribution in [2.75, 3.05) is 13.1 Å². The van der Waals surface area contributed by atoms with Crippen LogP contribution in [-0.4, -0.2) is 40.6 Å². The predicted octanol–water partition coefficient (Wildman–Crippen LogP) is 1.37. The molecule has 0 aromatic carbocycles. The Morgan fingerprint density at radius 2 is 2.06 bits per heavy atom. The zero-order valence-corrected chi connectivity index (χ0v) is 12.1. The van der Waals surface area contributed by atoms with Gasteiger partial charge < -0.3 is 15.7 Å². The highest BCUT2D eigenvalue weighted by Crippen LogP contribution is 2.29. The molecule has 3 atom stereocenters. The topological polar surface area (TPSA) is 66.6 Å². The van der Waals surface area contributed by atoms with Gasteiger partial charge in [0.15, 0.2) is 0 Å². The van der Waals surface area contributed by atoms with Crippen molar-refractivity contribution >= 4 is 5.91 Å². The standard InChI is InChI=1S/C14H28N2O2/c1-5-16(9-14(3,4)18)13(17)11-8-6-7-10(2)12(11)15/h10-12,18H,5-9,15H2,1-4H3. The monoisotopic (exact) mass is 256 g/mol. The fraction of sp³-hybridized carbons (Fsp3) is 0.929. The second-order valence-corrected chi connectivity index (χ2v) is 6.26. The maximum atomic E-state index is 12.5. The molecule has 0 saturated heterocycles. The Hall–Kier alpha value is -0.610. The van der Waals surface area contributed by atoms with Crippen LogP contribution in [0.2, 0.25) is 0 Å². The first-order valence-electron chi connectivity index (χ1n) is 7.03. The first-order chi connectivity index (χ1) is 8.26. The summed E-state index contributed by atoms with van der Waals surface area (Å²) in [4.78, 5) is 14.2. The van der Waals surface area contributed by atoms with Crippen molar-refractivity contribution < 1.29 is 9.90 Å². The largest absolute Gasteiger partial charge is 0.389 e. The summed E-state index contributed by atoms with van der Waals surface area (Å²) in [6.07, 6.45) is 3.07. The Kier molecular flexibility index (Phi) is 5.17. The summed E-state index contributed by atoms with van der Waals surface area (Å²) in [5.74, 6) is 0.447. The van der Waals surface area contributed by atoms with Crippen LogP contribution in [0.15, 0.2) is 0 Å². The summed E-state index contributed by atoms with van der Waals surface area (Å²) < 4.78 is 0. The van der Waals surface area contributed by atoms with Crippen molar-refractivity contribution in [3.8, 4) is 0 Å². The van der Waals surface area contributed by atoms with E-state index in [0.29, 0.717) is 19.0 Å². The van der Waals surface area contributed by atoms with Gasteiger partial charge in [-0.05, 0) is 39.5 Å². The van der Waals surface area contributed by atoms with E-state index in [1.54, 1.807) is 18.7 Å². The van der Waals surface area contributed by atoms with Crippen molar-refractivity contribution in [2.45, 2.75) is 58.6 Å². The van der Waals surface area contributed by atoms with Crippen LogP contribution in [0, 0.1) is 11.8 Å². The first kappa shape index (κ1) is 15.4. The van der Waals surface area contributed by atoms with Crippen LogP contribution < -0.4 is 5.73 Å². The van der Waals surface area contributed by atoms with Gasteiger partial charge in [-0.2, -0.15) is 0 Å². The Morgan fingerprint density at radius 3 is 2.56 bits per heavy atom. The molecule has 106 valence electrons. The summed E-state index contributed by atoms with van der Waals surface area (Å²) in [7, 11) is 0. The molecule has 0 aromatic heterocycles. The van der Waals surface area contributed by atoms with Crippen molar-refractivity contribution in [3.63, 3.8) is 0 Å². The SMILES string of the molecule is CCN(CC(C)(C)O)C(=O)C1CCCC(C)C1N. The molecule has 1 fully saturated rings. The lowest BCUT2D eigenvalue weighted by atomic mass is 9.77. The zero-order chi connectivity index (χ0) is 13.9. The number of hydrogen-bond acceptors (Lipinski definition) is 3. The predicted molar refractivity (Wildman–Crippen MR) is 73.0 cm³/mol. The van der Waals surface area contributed by atoms with E-state index < -0.39 is 5.60 Å². The first-order valence-corrected chi connectivity index (χ1v) is 7.03. The van der Waals surface area contributed by atoms with Crippen LogP contribution in [-0.2, 0) is 4.79 Å². The lowest BCUT2D eigenvalue weighted by Gasteiger charge is -2.37. The molecule has 0 radical (unpaired) electrons. The Balaban J connectivity index is 2.71. The average molecular weight is 256 g/mol. The van der Waals surface area contributed by atoms with Gasteiger partial charge in [-0.15, -0.1) is 0 Å². The van der Waals surface area contributed by atoms with Gasteiger partial charge in [-0.1, -0.05) is 13.3 Å². The van der Waals surface area contributed by atoms with Gasteiger partial charge in [-0.25, -0.2) is 0 Å². The maximum absolute atomic E-state index is 12.5. The van der Waals surface area contributed by atoms with E-state index in [-0.39, 0.29) is 17.9 Å². The van der Waals surface area contributed by atoms with E-state index >= 15 is 0 Å². The van der Waals surface area contributed by atoms with E-state index in [4.69, 9.17) is 5.73 Å². The molecule has 18 heavy (non-hydrogen) atoms. The normalized spacial score (nSPS) is 29.1. The number of aliphatic hydroxyl groups is 1. The summed E-state index contributed by atoms with van der Waals surface area (Å²) in [5.41, 5.74) is 5.32. The minimum Gasteiger partial charge on any atom is -0.389 e. The molecule has 1 amide bonds. The van der Waals surface area contributed by atoms with Crippen molar-refractivity contribution in [2.24, 2.45) is 17.6 Å². The van der Waals surface area contributed by atoms with E-state index in [9.17, 15) is 9.90 Å². The molecule has 1 aliphatic rings. The molecule has 4 heteroatoms. The van der Waals surface area contributed by atoms with Gasteiger partial charge in [0.2, 0.25) is 5.91 Å². The fourth-order valence-electron chi connectivity index (χ4n) is 2.78. The average Bonchev–Trinajstić information content (AvgIpc) is 2.27. The smallest absolute Gasteiger partial charge is 0.227 e. The number of nitrogens with two attached hydrogens (primary N) is 1. The second-order valence-electron chi connectivity index (χ2n) is 6.26. The third-order valence-electron chi connectivity index (χ3n) is 3.88. The maximum Gasteiger partial charge on any atom is 0.227 e. The Morgan fingerprint density at radius 1 is 1.44 bits per heavy atom. The van der Waals surface area contributed by atoms with E-state index in [1.807, 2.05) is 6.92 Å². The third-order valence-corrected chi connectivity index (χ3v) is 3.88. The number of carbonyl (C=O) groups is 1. The molecular weight excluding hydrogens is 228 g/mol. The Labute approximate surface area is 111 Å². The minimum atomic E-state index is -0.851. The van der Waals surface area contributed by atoms with Crippen molar-refractivity contribution in [1.82, 2.24) is 4.90 Å². The summed E-state index contributed by atoms with van der Waals surface area (Å²) in [6.45, 7) is 8.52. The third kappa shape index (κ3) is 3.95. The van der Waals surface area contributed by atoms with Gasteiger partial charge in [-0.3, -0.25) is 4.79 Å². The molecule has 0 heterocycles. The van der Waals surface area contributed by atoms with Gasteiger partial charge in [0, 0.05) is 19.1 Å². The van der Waals surface area contributed by atoms with E-state index in [0.717, 1.165) is 19.3 Å². The van der Waals surface area contributed by atoms with E-state index in [2.05, 4.69) is 6.92 Å². The number of hydrogen-bond donors (Lipinski definition) is 2. The molecule has 0 spiro atoms. The summed E-state index contributed by atoms with van der Waals surface area (Å²) in [5, 5.41) is 9.86. The highest BCUT2D eigenvalue weighted by molar-refractivity contribution is 5.79. The van der Waals surface area contributed by atoms with Crippen LogP contribution in [0.3, 0.4) is 0 Å². The number of likely N-dealkylation sites (N-methyl/N-ethyl adjacent to an activating group) is 1. The van der Waals surface area contributed by atoms with Gasteiger partial charge in [0.1, 0.15) is 0 Å². The number of nitrogens with zero attached hydrogens (tertiary/aromatic N) is 1. The quantitative estimate of drug-likeness (QED) is 0.798. The van der Waals surface area contributed by atoms with Gasteiger partial charge >= 0.3 is 0 Å². The van der Waals surface area contributed by atoms with Crippen LogP contribution in [0.1, 0.15) is 47.0 Å². The minimum absolute atomic E-state index is 0.0397. The lowest BCUT2D eigenvalue weighted by molar-refractivity contribution is -0.140. The zero-order valence-electron chi connectivity index (χ0n) is 12.1. The second kappa shape index (κ2) is 6.02. The molecule has 3 unspecified atom stereocenters. The molecule has 3 N–H and O–H groups in total. The van der Waals surface area contributed by atoms with Gasteiger partial charge in [0.25, 0.3) is 0 Å². The molecule has 1 rings (SSSR count). The molecule has 4 nitrogen and oxygen atoms in total. The van der Waals surface area contributed by atoms with Crippen LogP contribution >= 0.6 is 0 Å². The molecule has 0 bridgehead atoms. The van der Waals surface area contributed by atoms with Gasteiger partial charge in [0.05, 0.1) is 11.5 Å². The summed E-state index contributed by atoms with van der Waals surface area (Å²) in [6, 6.07) is -0.0397. The molecule has 0 aliphatic heterocycles. The van der Waals surface area contributed by atoms with Crippen LogP contribution in [0.4, 0.5) is 0 Å². The number of rotatable bonds is 4. The fourth-order valence-corrected chi connectivity index (χ4v) is 2.78. The molecular formula is C14H28N2O2. The van der Waals surface area contributed by atoms with Crippen LogP contribution in [0.25, 0.3) is 0 Å². The number of amides is 1. The number of carbonyl (C=O) groups excluding carboxylic acids is 1. The molecule has 1 aliphatic carbocycles. The highest BCUT2D eigenvalue weighted by Gasteiger charge is 2.35. The summed E-state index contributed by atoms with van der Waals surface area (Å²) >= 11 is 0. The Bertz CT molecular complexity index is 286. The molecule has 0 aromatic rings. The highest BCUT2D eigenvalue weighted by atomic mass is 16.3.